The van der Waals surface area contributed by atoms with Crippen LogP contribution in [0.5, 0.6) is 5.75 Å². The van der Waals surface area contributed by atoms with Crippen LogP contribution in [0.1, 0.15) is 15.9 Å². The number of hydrogen-bond donors (Lipinski definition) is 2. The summed E-state index contributed by atoms with van der Waals surface area (Å²) < 4.78 is 43.0. The van der Waals surface area contributed by atoms with Crippen molar-refractivity contribution in [3.8, 4) is 18.1 Å². The summed E-state index contributed by atoms with van der Waals surface area (Å²) in [5.41, 5.74) is -0.121. The standard InChI is InChI=1S/C18H12F3N3O2/c1-2-9-26-13-7-8-14-15(10-13)23-24-16(14)22-17(25)11-3-5-12(6-4-11)18(19,20)21/h1,3-8,10H,9H2,(H2,22,23,24,25). The molecule has 5 nitrogen and oxygen atoms in total. The molecule has 1 heterocycles. The van der Waals surface area contributed by atoms with Crippen LogP contribution >= 0.6 is 0 Å². The normalized spacial score (nSPS) is 11.2. The van der Waals surface area contributed by atoms with Gasteiger partial charge in [-0.3, -0.25) is 9.89 Å². The average molecular weight is 359 g/mol. The minimum atomic E-state index is -4.45. The summed E-state index contributed by atoms with van der Waals surface area (Å²) in [6.07, 6.45) is 0.679. The number of nitrogens with one attached hydrogen (secondary N) is 2. The summed E-state index contributed by atoms with van der Waals surface area (Å²) in [7, 11) is 0. The van der Waals surface area contributed by atoms with E-state index >= 15 is 0 Å². The van der Waals surface area contributed by atoms with E-state index in [0.29, 0.717) is 16.7 Å². The number of carbonyl (C=O) groups excluding carboxylic acids is 1. The minimum absolute atomic E-state index is 0.0862. The number of alkyl halides is 3. The fraction of sp³-hybridized carbons (Fsp3) is 0.111. The molecular weight excluding hydrogens is 347 g/mol. The van der Waals surface area contributed by atoms with Crippen molar-refractivity contribution in [2.24, 2.45) is 0 Å². The Labute approximate surface area is 146 Å². The van der Waals surface area contributed by atoms with Crippen LogP contribution in [0.4, 0.5) is 19.0 Å². The van der Waals surface area contributed by atoms with E-state index in [9.17, 15) is 18.0 Å². The molecule has 0 atom stereocenters. The number of ether oxygens (including phenoxy) is 1. The van der Waals surface area contributed by atoms with Gasteiger partial charge >= 0.3 is 6.18 Å². The summed E-state index contributed by atoms with van der Waals surface area (Å²) in [6, 6.07) is 8.96. The predicted molar refractivity (Wildman–Crippen MR) is 89.8 cm³/mol. The van der Waals surface area contributed by atoms with Gasteiger partial charge in [-0.1, -0.05) is 5.92 Å². The number of aromatic nitrogens is 2. The molecule has 1 aromatic heterocycles. The molecular formula is C18H12F3N3O2. The molecule has 0 fully saturated rings. The lowest BCUT2D eigenvalue weighted by atomic mass is 10.1. The second-order valence-electron chi connectivity index (χ2n) is 5.30. The summed E-state index contributed by atoms with van der Waals surface area (Å²) in [6.45, 7) is 0.122. The second-order valence-corrected chi connectivity index (χ2v) is 5.30. The third-order valence-corrected chi connectivity index (χ3v) is 3.56. The van der Waals surface area contributed by atoms with Crippen molar-refractivity contribution in [2.75, 3.05) is 11.9 Å². The van der Waals surface area contributed by atoms with Gasteiger partial charge < -0.3 is 10.1 Å². The number of rotatable bonds is 4. The highest BCUT2D eigenvalue weighted by Gasteiger charge is 2.30. The quantitative estimate of drug-likeness (QED) is 0.696. The van der Waals surface area contributed by atoms with Gasteiger partial charge in [0.2, 0.25) is 0 Å². The first kappa shape index (κ1) is 17.4. The van der Waals surface area contributed by atoms with Gasteiger partial charge in [-0.05, 0) is 36.4 Å². The van der Waals surface area contributed by atoms with Crippen molar-refractivity contribution in [3.63, 3.8) is 0 Å². The van der Waals surface area contributed by atoms with Crippen LogP contribution in [0.15, 0.2) is 42.5 Å². The van der Waals surface area contributed by atoms with E-state index in [1.165, 1.54) is 0 Å². The number of fused-ring (bicyclic) bond motifs is 1. The second kappa shape index (κ2) is 6.80. The third kappa shape index (κ3) is 3.62. The SMILES string of the molecule is C#CCOc1ccc2c(NC(=O)c3ccc(C(F)(F)F)cc3)n[nH]c2c1. The number of halogens is 3. The van der Waals surface area contributed by atoms with Crippen LogP contribution in [0.3, 0.4) is 0 Å². The van der Waals surface area contributed by atoms with Gasteiger partial charge in [0.25, 0.3) is 5.91 Å². The smallest absolute Gasteiger partial charge is 0.416 e. The maximum Gasteiger partial charge on any atom is 0.416 e. The average Bonchev–Trinajstić information content (AvgIpc) is 3.01. The first-order chi connectivity index (χ1) is 12.4. The number of terminal acetylenes is 1. The number of anilines is 1. The predicted octanol–water partition coefficient (Wildman–Crippen LogP) is 3.85. The number of benzene rings is 2. The van der Waals surface area contributed by atoms with Crippen molar-refractivity contribution in [3.05, 3.63) is 53.6 Å². The zero-order valence-electron chi connectivity index (χ0n) is 13.2. The fourth-order valence-electron chi connectivity index (χ4n) is 2.30. The first-order valence-electron chi connectivity index (χ1n) is 7.41. The maximum absolute atomic E-state index is 12.6. The number of carbonyl (C=O) groups is 1. The van der Waals surface area contributed by atoms with Gasteiger partial charge in [-0.15, -0.1) is 6.42 Å². The van der Waals surface area contributed by atoms with Crippen LogP contribution < -0.4 is 10.1 Å². The summed E-state index contributed by atoms with van der Waals surface area (Å²) in [5.74, 6) is 2.58. The molecule has 0 spiro atoms. The Balaban J connectivity index is 1.78. The largest absolute Gasteiger partial charge is 0.481 e. The zero-order chi connectivity index (χ0) is 18.7. The molecule has 0 saturated carbocycles. The van der Waals surface area contributed by atoms with Gasteiger partial charge in [0.15, 0.2) is 5.82 Å². The van der Waals surface area contributed by atoms with Gasteiger partial charge in [0, 0.05) is 17.0 Å². The summed E-state index contributed by atoms with van der Waals surface area (Å²) >= 11 is 0. The fourth-order valence-corrected chi connectivity index (χ4v) is 2.30. The summed E-state index contributed by atoms with van der Waals surface area (Å²) in [5, 5.41) is 9.94. The molecule has 8 heteroatoms. The molecule has 26 heavy (non-hydrogen) atoms. The topological polar surface area (TPSA) is 67.0 Å². The molecule has 3 aromatic rings. The maximum atomic E-state index is 12.6. The van der Waals surface area contributed by atoms with Gasteiger partial charge in [0.1, 0.15) is 12.4 Å². The molecule has 2 N–H and O–H groups in total. The van der Waals surface area contributed by atoms with Crippen molar-refractivity contribution in [1.82, 2.24) is 10.2 Å². The molecule has 1 amide bonds. The highest BCUT2D eigenvalue weighted by atomic mass is 19.4. The Bertz CT molecular complexity index is 986. The molecule has 0 aliphatic heterocycles. The number of hydrogen-bond acceptors (Lipinski definition) is 3. The summed E-state index contributed by atoms with van der Waals surface area (Å²) in [4.78, 5) is 12.2. The van der Waals surface area contributed by atoms with Crippen LogP contribution in [0.2, 0.25) is 0 Å². The Morgan fingerprint density at radius 1 is 1.23 bits per heavy atom. The molecule has 132 valence electrons. The van der Waals surface area contributed by atoms with E-state index in [-0.39, 0.29) is 18.0 Å². The van der Waals surface area contributed by atoms with Crippen molar-refractivity contribution < 1.29 is 22.7 Å². The highest BCUT2D eigenvalue weighted by molar-refractivity contribution is 6.07. The van der Waals surface area contributed by atoms with E-state index in [2.05, 4.69) is 21.4 Å². The lowest BCUT2D eigenvalue weighted by molar-refractivity contribution is -0.137. The Morgan fingerprint density at radius 3 is 2.62 bits per heavy atom. The van der Waals surface area contributed by atoms with Crippen molar-refractivity contribution in [2.45, 2.75) is 6.18 Å². The molecule has 0 aliphatic rings. The molecule has 0 bridgehead atoms. The molecule has 0 unspecified atom stereocenters. The van der Waals surface area contributed by atoms with Crippen molar-refractivity contribution >= 4 is 22.6 Å². The van der Waals surface area contributed by atoms with E-state index in [4.69, 9.17) is 11.2 Å². The molecule has 2 aromatic carbocycles. The highest BCUT2D eigenvalue weighted by Crippen LogP contribution is 2.29. The lowest BCUT2D eigenvalue weighted by Gasteiger charge is -2.07. The van der Waals surface area contributed by atoms with Gasteiger partial charge in [0.05, 0.1) is 11.1 Å². The van der Waals surface area contributed by atoms with Crippen molar-refractivity contribution in [1.29, 1.82) is 0 Å². The number of amides is 1. The van der Waals surface area contributed by atoms with E-state index in [1.54, 1.807) is 18.2 Å². The number of nitrogens with zero attached hydrogens (tertiary/aromatic N) is 1. The van der Waals surface area contributed by atoms with Gasteiger partial charge in [-0.25, -0.2) is 0 Å². The lowest BCUT2D eigenvalue weighted by Crippen LogP contribution is -2.13. The van der Waals surface area contributed by atoms with Crippen LogP contribution in [-0.2, 0) is 6.18 Å². The Hall–Kier alpha value is -3.47. The van der Waals surface area contributed by atoms with Gasteiger partial charge in [-0.2, -0.15) is 18.3 Å². The molecule has 3 rings (SSSR count). The van der Waals surface area contributed by atoms with E-state index in [0.717, 1.165) is 24.3 Å². The number of aromatic amines is 1. The number of H-pyrrole nitrogens is 1. The van der Waals surface area contributed by atoms with Crippen LogP contribution in [-0.4, -0.2) is 22.7 Å². The zero-order valence-corrected chi connectivity index (χ0v) is 13.2. The first-order valence-corrected chi connectivity index (χ1v) is 7.41. The van der Waals surface area contributed by atoms with E-state index in [1.807, 2.05) is 0 Å². The molecule has 0 aliphatic carbocycles. The van der Waals surface area contributed by atoms with Crippen LogP contribution in [0.25, 0.3) is 10.9 Å². The monoisotopic (exact) mass is 359 g/mol. The van der Waals surface area contributed by atoms with E-state index < -0.39 is 17.6 Å². The van der Waals surface area contributed by atoms with Crippen LogP contribution in [0, 0.1) is 12.3 Å². The minimum Gasteiger partial charge on any atom is -0.481 e. The molecule has 0 saturated heterocycles. The Kier molecular flexibility index (Phi) is 4.54. The third-order valence-electron chi connectivity index (χ3n) is 3.56. The Morgan fingerprint density at radius 2 is 1.96 bits per heavy atom. The molecule has 0 radical (unpaired) electrons.